The molecule has 0 unspecified atom stereocenters. The first-order valence-corrected chi connectivity index (χ1v) is 16.4. The highest BCUT2D eigenvalue weighted by molar-refractivity contribution is 6.01. The van der Waals surface area contributed by atoms with Crippen LogP contribution in [0.4, 0.5) is 4.39 Å². The predicted molar refractivity (Wildman–Crippen MR) is 164 cm³/mol. The fourth-order valence-electron chi connectivity index (χ4n) is 9.44. The molecule has 2 N–H and O–H groups in total. The van der Waals surface area contributed by atoms with Gasteiger partial charge in [-0.3, -0.25) is 14.4 Å². The maximum Gasteiger partial charge on any atom is 0.392 e. The SMILES string of the molecule is CCC(CC)c1cc[n+](C(=O)CCC(=O)OCC(=O)[C@@]2(O)[C@H](C)C[C@H]3[C@@H]4CCC5=CC(=O)C=C[C@]5(C)[C@@]4(F)[C@@H](O)C[C@@]32C)cc1. The Hall–Kier alpha value is -3.04. The molecule has 45 heavy (non-hydrogen) atoms. The van der Waals surface area contributed by atoms with Crippen LogP contribution in [0, 0.1) is 28.6 Å². The lowest BCUT2D eigenvalue weighted by Crippen LogP contribution is -2.69. The molecule has 0 amide bonds. The second-order valence-electron chi connectivity index (χ2n) is 14.2. The van der Waals surface area contributed by atoms with Gasteiger partial charge in [-0.1, -0.05) is 39.3 Å². The zero-order chi connectivity index (χ0) is 32.9. The van der Waals surface area contributed by atoms with E-state index in [9.17, 15) is 29.4 Å². The molecule has 1 aromatic heterocycles. The third-order valence-electron chi connectivity index (χ3n) is 12.2. The maximum atomic E-state index is 17.3. The lowest BCUT2D eigenvalue weighted by Gasteiger charge is -2.62. The molecule has 3 saturated carbocycles. The van der Waals surface area contributed by atoms with Crippen molar-refractivity contribution in [1.82, 2.24) is 0 Å². The molecule has 8 nitrogen and oxygen atoms in total. The summed E-state index contributed by atoms with van der Waals surface area (Å²) in [7, 11) is 0. The molecule has 244 valence electrons. The van der Waals surface area contributed by atoms with Crippen molar-refractivity contribution < 1.29 is 43.1 Å². The number of fused-ring (bicyclic) bond motifs is 5. The molecule has 0 radical (unpaired) electrons. The summed E-state index contributed by atoms with van der Waals surface area (Å²) in [6, 6.07) is 3.82. The van der Waals surface area contributed by atoms with Crippen LogP contribution in [0.2, 0.25) is 0 Å². The summed E-state index contributed by atoms with van der Waals surface area (Å²) < 4.78 is 24.0. The van der Waals surface area contributed by atoms with Gasteiger partial charge in [0.25, 0.3) is 0 Å². The van der Waals surface area contributed by atoms with E-state index < -0.39 is 64.3 Å². The van der Waals surface area contributed by atoms with Gasteiger partial charge in [-0.25, -0.2) is 9.18 Å². The third kappa shape index (κ3) is 5.05. The smallest absolute Gasteiger partial charge is 0.392 e. The number of aliphatic hydroxyl groups excluding tert-OH is 1. The van der Waals surface area contributed by atoms with Crippen LogP contribution in [-0.4, -0.2) is 57.6 Å². The van der Waals surface area contributed by atoms with Gasteiger partial charge >= 0.3 is 11.9 Å². The molecule has 0 saturated heterocycles. The first kappa shape index (κ1) is 33.3. The molecule has 8 atom stereocenters. The zero-order valence-corrected chi connectivity index (χ0v) is 27.1. The van der Waals surface area contributed by atoms with Gasteiger partial charge in [-0.05, 0) is 80.9 Å². The lowest BCUT2D eigenvalue weighted by atomic mass is 9.44. The number of esters is 1. The van der Waals surface area contributed by atoms with Crippen LogP contribution in [0.3, 0.4) is 0 Å². The van der Waals surface area contributed by atoms with Crippen molar-refractivity contribution in [2.24, 2.45) is 28.6 Å². The topological polar surface area (TPSA) is 122 Å². The van der Waals surface area contributed by atoms with E-state index in [1.165, 1.54) is 16.7 Å². The van der Waals surface area contributed by atoms with Gasteiger partial charge in [0.05, 0.1) is 18.9 Å². The Bertz CT molecular complexity index is 1430. The number of pyridine rings is 1. The van der Waals surface area contributed by atoms with E-state index in [-0.39, 0.29) is 31.0 Å². The molecule has 0 spiro atoms. The molecular formula is C36H47FNO7+. The number of hydrogen-bond acceptors (Lipinski definition) is 7. The van der Waals surface area contributed by atoms with Crippen LogP contribution in [0.1, 0.15) is 102 Å². The van der Waals surface area contributed by atoms with Crippen LogP contribution in [0.25, 0.3) is 0 Å². The fourth-order valence-corrected chi connectivity index (χ4v) is 9.44. The average molecular weight is 625 g/mol. The number of ether oxygens (including phenoxy) is 1. The summed E-state index contributed by atoms with van der Waals surface area (Å²) in [5.74, 6) is -3.10. The van der Waals surface area contributed by atoms with Crippen molar-refractivity contribution in [2.75, 3.05) is 6.61 Å². The van der Waals surface area contributed by atoms with Gasteiger partial charge in [-0.15, -0.1) is 4.57 Å². The predicted octanol–water partition coefficient (Wildman–Crippen LogP) is 4.76. The monoisotopic (exact) mass is 624 g/mol. The van der Waals surface area contributed by atoms with Gasteiger partial charge < -0.3 is 14.9 Å². The highest BCUT2D eigenvalue weighted by atomic mass is 19.1. The van der Waals surface area contributed by atoms with Crippen molar-refractivity contribution in [2.45, 2.75) is 109 Å². The summed E-state index contributed by atoms with van der Waals surface area (Å²) in [5, 5.41) is 23.6. The van der Waals surface area contributed by atoms with Crippen molar-refractivity contribution in [3.63, 3.8) is 0 Å². The van der Waals surface area contributed by atoms with Crippen LogP contribution >= 0.6 is 0 Å². The normalized spacial score (nSPS) is 37.0. The first-order chi connectivity index (χ1) is 21.2. The van der Waals surface area contributed by atoms with E-state index in [4.69, 9.17) is 4.74 Å². The molecule has 3 fully saturated rings. The molecule has 0 bridgehead atoms. The molecule has 0 aliphatic heterocycles. The first-order valence-electron chi connectivity index (χ1n) is 16.4. The summed E-state index contributed by atoms with van der Waals surface area (Å²) in [6.07, 6.45) is 9.06. The minimum atomic E-state index is -2.07. The van der Waals surface area contributed by atoms with E-state index >= 15 is 4.39 Å². The Morgan fingerprint density at radius 1 is 1.11 bits per heavy atom. The van der Waals surface area contributed by atoms with Gasteiger partial charge in [0.15, 0.2) is 30.5 Å². The van der Waals surface area contributed by atoms with Crippen molar-refractivity contribution in [1.29, 1.82) is 0 Å². The van der Waals surface area contributed by atoms with Gasteiger partial charge in [0.1, 0.15) is 5.60 Å². The molecule has 1 heterocycles. The lowest BCUT2D eigenvalue weighted by molar-refractivity contribution is -0.574. The van der Waals surface area contributed by atoms with Gasteiger partial charge in [0.2, 0.25) is 5.78 Å². The van der Waals surface area contributed by atoms with Crippen LogP contribution in [0.5, 0.6) is 0 Å². The number of Topliss-reactive ketones (excluding diaryl/α,β-unsaturated/α-hetero) is 1. The number of halogens is 1. The van der Waals surface area contributed by atoms with Crippen LogP contribution < -0.4 is 4.57 Å². The number of aromatic nitrogens is 1. The molecular weight excluding hydrogens is 577 g/mol. The number of carbonyl (C=O) groups is 4. The summed E-state index contributed by atoms with van der Waals surface area (Å²) >= 11 is 0. The average Bonchev–Trinajstić information content (AvgIpc) is 3.22. The molecule has 4 aliphatic carbocycles. The number of carbonyl (C=O) groups excluding carboxylic acids is 4. The second-order valence-corrected chi connectivity index (χ2v) is 14.2. The Morgan fingerprint density at radius 3 is 2.42 bits per heavy atom. The highest BCUT2D eigenvalue weighted by Gasteiger charge is 2.75. The third-order valence-corrected chi connectivity index (χ3v) is 12.2. The summed E-state index contributed by atoms with van der Waals surface area (Å²) in [6.45, 7) is 8.78. The molecule has 1 aromatic rings. The Kier molecular flexibility index (Phi) is 8.86. The Balaban J connectivity index is 1.24. The molecule has 9 heteroatoms. The number of hydrogen-bond donors (Lipinski definition) is 2. The van der Waals surface area contributed by atoms with E-state index in [2.05, 4.69) is 13.8 Å². The number of nitrogens with zero attached hydrogens (tertiary/aromatic N) is 1. The standard InChI is InChI=1S/C36H47FNO7/c1-6-23(7-2)24-13-16-38(17-14-24)31(42)10-11-32(43)45-21-30(41)36(44)22(3)18-28-27-9-8-25-19-26(39)12-15-33(25,4)35(27,37)29(40)20-34(28,36)5/h12-17,19,22-23,27-29,40,44H,6-11,18,20-21H2,1-5H3/q+1/t22-,27+,28+,29+,33+,34+,35+,36+/m1/s1. The van der Waals surface area contributed by atoms with Gasteiger partial charge in [-0.2, -0.15) is 0 Å². The van der Waals surface area contributed by atoms with Gasteiger partial charge in [0, 0.05) is 28.9 Å². The number of alkyl halides is 1. The number of allylic oxidation sites excluding steroid dienone is 4. The summed E-state index contributed by atoms with van der Waals surface area (Å²) in [4.78, 5) is 51.0. The number of rotatable bonds is 9. The highest BCUT2D eigenvalue weighted by Crippen LogP contribution is 2.70. The number of aliphatic hydroxyl groups is 2. The fraction of sp³-hybridized carbons (Fsp3) is 0.639. The minimum absolute atomic E-state index is 0.107. The van der Waals surface area contributed by atoms with Crippen molar-refractivity contribution >= 4 is 23.4 Å². The number of ketones is 2. The van der Waals surface area contributed by atoms with E-state index in [0.29, 0.717) is 30.8 Å². The van der Waals surface area contributed by atoms with E-state index in [0.717, 1.165) is 18.4 Å². The zero-order valence-electron chi connectivity index (χ0n) is 27.1. The van der Waals surface area contributed by atoms with E-state index in [1.54, 1.807) is 39.2 Å². The minimum Gasteiger partial charge on any atom is -0.458 e. The van der Waals surface area contributed by atoms with Crippen LogP contribution in [0.15, 0.2) is 48.3 Å². The largest absolute Gasteiger partial charge is 0.458 e. The summed E-state index contributed by atoms with van der Waals surface area (Å²) in [5.41, 5.74) is -4.53. The van der Waals surface area contributed by atoms with E-state index in [1.807, 2.05) is 12.1 Å². The van der Waals surface area contributed by atoms with Crippen molar-refractivity contribution in [3.8, 4) is 0 Å². The van der Waals surface area contributed by atoms with Crippen LogP contribution in [-0.2, 0) is 19.1 Å². The quantitative estimate of drug-likeness (QED) is 0.300. The Labute approximate surface area is 264 Å². The second kappa shape index (κ2) is 12.0. The molecule has 4 aliphatic rings. The molecule has 5 rings (SSSR count). The molecule has 0 aromatic carbocycles. The van der Waals surface area contributed by atoms with Crippen molar-refractivity contribution in [3.05, 3.63) is 53.9 Å². The maximum absolute atomic E-state index is 17.3. The Morgan fingerprint density at radius 2 is 1.78 bits per heavy atom.